The summed E-state index contributed by atoms with van der Waals surface area (Å²) in [5.41, 5.74) is 9.82. The summed E-state index contributed by atoms with van der Waals surface area (Å²) in [6.45, 7) is 4.07. The highest BCUT2D eigenvalue weighted by Crippen LogP contribution is 2.38. The van der Waals surface area contributed by atoms with E-state index in [9.17, 15) is 0 Å². The van der Waals surface area contributed by atoms with Gasteiger partial charge in [0, 0.05) is 5.56 Å². The highest BCUT2D eigenvalue weighted by atomic mass is 79.9. The van der Waals surface area contributed by atoms with Gasteiger partial charge in [0.1, 0.15) is 5.75 Å². The fourth-order valence-corrected chi connectivity index (χ4v) is 2.29. The second kappa shape index (κ2) is 4.41. The predicted octanol–water partition coefficient (Wildman–Crippen LogP) is 3.05. The van der Waals surface area contributed by atoms with Crippen molar-refractivity contribution in [1.82, 2.24) is 10.2 Å². The molecule has 0 aliphatic heterocycles. The smallest absolute Gasteiger partial charge is 0.160 e. The molecule has 0 saturated heterocycles. The molecule has 0 aliphatic carbocycles. The maximum atomic E-state index is 5.72. The lowest BCUT2D eigenvalue weighted by Gasteiger charge is -2.12. The molecule has 5 heteroatoms. The number of aromatic amines is 1. The minimum absolute atomic E-state index is 0.446. The normalized spacial score (nSPS) is 10.6. The van der Waals surface area contributed by atoms with Crippen LogP contribution >= 0.6 is 15.9 Å². The molecule has 1 heterocycles. The Bertz CT molecular complexity index is 563. The first kappa shape index (κ1) is 12.0. The molecule has 0 unspecified atom stereocenters. The van der Waals surface area contributed by atoms with Gasteiger partial charge in [0.15, 0.2) is 5.82 Å². The highest BCUT2D eigenvalue weighted by Gasteiger charge is 2.16. The summed E-state index contributed by atoms with van der Waals surface area (Å²) in [6, 6.07) is 4.09. The minimum atomic E-state index is 0.446. The first-order chi connectivity index (χ1) is 8.04. The van der Waals surface area contributed by atoms with E-state index in [1.807, 2.05) is 19.9 Å². The highest BCUT2D eigenvalue weighted by molar-refractivity contribution is 9.10. The van der Waals surface area contributed by atoms with Crippen molar-refractivity contribution in [2.75, 3.05) is 12.8 Å². The number of benzene rings is 1. The number of hydrogen-bond acceptors (Lipinski definition) is 3. The monoisotopic (exact) mass is 295 g/mol. The summed E-state index contributed by atoms with van der Waals surface area (Å²) in [4.78, 5) is 0. The second-order valence-corrected chi connectivity index (χ2v) is 4.75. The van der Waals surface area contributed by atoms with E-state index in [4.69, 9.17) is 10.5 Å². The topological polar surface area (TPSA) is 63.9 Å². The van der Waals surface area contributed by atoms with Gasteiger partial charge < -0.3 is 10.5 Å². The Morgan fingerprint density at radius 3 is 2.59 bits per heavy atom. The van der Waals surface area contributed by atoms with Crippen LogP contribution in [-0.4, -0.2) is 17.3 Å². The fraction of sp³-hybridized carbons (Fsp3) is 0.250. The molecule has 0 aliphatic rings. The minimum Gasteiger partial charge on any atom is -0.496 e. The number of halogens is 1. The second-order valence-electron chi connectivity index (χ2n) is 3.96. The summed E-state index contributed by atoms with van der Waals surface area (Å²) in [6.07, 6.45) is 0. The lowest BCUT2D eigenvalue weighted by atomic mass is 10.0. The van der Waals surface area contributed by atoms with Crippen LogP contribution in [0.4, 0.5) is 5.82 Å². The van der Waals surface area contributed by atoms with Crippen LogP contribution in [0.3, 0.4) is 0 Å². The molecule has 0 radical (unpaired) electrons. The molecule has 0 atom stereocenters. The molecule has 0 amide bonds. The number of nitrogens with one attached hydrogen (secondary N) is 1. The molecule has 0 fully saturated rings. The van der Waals surface area contributed by atoms with Crippen LogP contribution in [-0.2, 0) is 0 Å². The molecule has 0 spiro atoms. The average molecular weight is 296 g/mol. The van der Waals surface area contributed by atoms with E-state index in [1.165, 1.54) is 0 Å². The molecule has 1 aromatic heterocycles. The zero-order chi connectivity index (χ0) is 12.6. The molecule has 0 saturated carbocycles. The molecule has 0 bridgehead atoms. The lowest BCUT2D eigenvalue weighted by molar-refractivity contribution is 0.415. The zero-order valence-corrected chi connectivity index (χ0v) is 11.6. The van der Waals surface area contributed by atoms with Gasteiger partial charge >= 0.3 is 0 Å². The van der Waals surface area contributed by atoms with E-state index in [0.29, 0.717) is 5.82 Å². The van der Waals surface area contributed by atoms with Crippen molar-refractivity contribution >= 4 is 21.7 Å². The Kier molecular flexibility index (Phi) is 3.11. The molecular weight excluding hydrogens is 282 g/mol. The van der Waals surface area contributed by atoms with Gasteiger partial charge in [0.2, 0.25) is 0 Å². The molecule has 1 aromatic carbocycles. The number of H-pyrrole nitrogens is 1. The number of aromatic nitrogens is 2. The zero-order valence-electron chi connectivity index (χ0n) is 9.97. The van der Waals surface area contributed by atoms with Gasteiger partial charge in [-0.05, 0) is 47.0 Å². The van der Waals surface area contributed by atoms with Gasteiger partial charge in [-0.15, -0.1) is 0 Å². The van der Waals surface area contributed by atoms with Gasteiger partial charge in [-0.1, -0.05) is 6.07 Å². The number of rotatable bonds is 2. The number of methoxy groups -OCH3 is 1. The number of ether oxygens (including phenoxy) is 1. The third-order valence-electron chi connectivity index (χ3n) is 2.65. The van der Waals surface area contributed by atoms with Gasteiger partial charge in [0.25, 0.3) is 0 Å². The third kappa shape index (κ3) is 2.02. The van der Waals surface area contributed by atoms with E-state index >= 15 is 0 Å². The van der Waals surface area contributed by atoms with E-state index in [1.54, 1.807) is 7.11 Å². The Morgan fingerprint density at radius 1 is 1.35 bits per heavy atom. The SMILES string of the molecule is COc1cc(C)cc(C)c1-c1[nH]nc(N)c1Br. The summed E-state index contributed by atoms with van der Waals surface area (Å²) >= 11 is 3.43. The fourth-order valence-electron chi connectivity index (χ4n) is 1.92. The Morgan fingerprint density at radius 2 is 2.06 bits per heavy atom. The number of anilines is 1. The number of nitrogens with two attached hydrogens (primary N) is 1. The van der Waals surface area contributed by atoms with Crippen molar-refractivity contribution in [3.05, 3.63) is 27.7 Å². The summed E-state index contributed by atoms with van der Waals surface area (Å²) in [5, 5.41) is 6.90. The standard InChI is InChI=1S/C12H14BrN3O/c1-6-4-7(2)9(8(5-6)17-3)11-10(13)12(14)16-15-11/h4-5H,1-3H3,(H3,14,15,16). The van der Waals surface area contributed by atoms with Gasteiger partial charge in [-0.3, -0.25) is 5.10 Å². The van der Waals surface area contributed by atoms with Gasteiger partial charge in [-0.25, -0.2) is 0 Å². The first-order valence-corrected chi connectivity index (χ1v) is 5.98. The van der Waals surface area contributed by atoms with Gasteiger partial charge in [0.05, 0.1) is 17.3 Å². The summed E-state index contributed by atoms with van der Waals surface area (Å²) in [7, 11) is 1.66. The summed E-state index contributed by atoms with van der Waals surface area (Å²) < 4.78 is 6.18. The lowest BCUT2D eigenvalue weighted by Crippen LogP contribution is -1.93. The molecule has 3 N–H and O–H groups in total. The van der Waals surface area contributed by atoms with Gasteiger partial charge in [-0.2, -0.15) is 5.10 Å². The van der Waals surface area contributed by atoms with Crippen LogP contribution in [0.15, 0.2) is 16.6 Å². The number of nitrogens with zero attached hydrogens (tertiary/aromatic N) is 1. The number of aryl methyl sites for hydroxylation is 2. The van der Waals surface area contributed by atoms with Crippen LogP contribution in [0.1, 0.15) is 11.1 Å². The van der Waals surface area contributed by atoms with Crippen molar-refractivity contribution in [3.8, 4) is 17.0 Å². The average Bonchev–Trinajstić information content (AvgIpc) is 2.59. The molecule has 90 valence electrons. The van der Waals surface area contributed by atoms with Crippen LogP contribution in [0.25, 0.3) is 11.3 Å². The van der Waals surface area contributed by atoms with E-state index in [2.05, 4.69) is 32.2 Å². The Labute approximate surface area is 108 Å². The van der Waals surface area contributed by atoms with Crippen LogP contribution in [0.5, 0.6) is 5.75 Å². The number of nitrogen functional groups attached to an aromatic ring is 1. The third-order valence-corrected chi connectivity index (χ3v) is 3.45. The molecular formula is C12H14BrN3O. The molecule has 2 aromatic rings. The van der Waals surface area contributed by atoms with Crippen molar-refractivity contribution < 1.29 is 4.74 Å². The van der Waals surface area contributed by atoms with E-state index < -0.39 is 0 Å². The van der Waals surface area contributed by atoms with Crippen LogP contribution < -0.4 is 10.5 Å². The summed E-state index contributed by atoms with van der Waals surface area (Å²) in [5.74, 6) is 1.26. The van der Waals surface area contributed by atoms with Crippen LogP contribution in [0, 0.1) is 13.8 Å². The molecule has 2 rings (SSSR count). The Hall–Kier alpha value is -1.49. The van der Waals surface area contributed by atoms with Crippen molar-refractivity contribution in [1.29, 1.82) is 0 Å². The van der Waals surface area contributed by atoms with Crippen molar-refractivity contribution in [3.63, 3.8) is 0 Å². The quantitative estimate of drug-likeness (QED) is 0.895. The van der Waals surface area contributed by atoms with E-state index in [0.717, 1.165) is 32.6 Å². The maximum absolute atomic E-state index is 5.72. The van der Waals surface area contributed by atoms with Crippen molar-refractivity contribution in [2.24, 2.45) is 0 Å². The molecule has 17 heavy (non-hydrogen) atoms. The number of hydrogen-bond donors (Lipinski definition) is 2. The van der Waals surface area contributed by atoms with E-state index in [-0.39, 0.29) is 0 Å². The molecule has 4 nitrogen and oxygen atoms in total. The van der Waals surface area contributed by atoms with Crippen LogP contribution in [0.2, 0.25) is 0 Å². The first-order valence-electron chi connectivity index (χ1n) is 5.19. The largest absolute Gasteiger partial charge is 0.496 e. The van der Waals surface area contributed by atoms with Crippen molar-refractivity contribution in [2.45, 2.75) is 13.8 Å². The predicted molar refractivity (Wildman–Crippen MR) is 72.2 cm³/mol. The Balaban J connectivity index is 2.70. The maximum Gasteiger partial charge on any atom is 0.160 e.